The Labute approximate surface area is 102 Å². The zero-order valence-electron chi connectivity index (χ0n) is 8.09. The van der Waals surface area contributed by atoms with Crippen LogP contribution in [0, 0.1) is 0 Å². The van der Waals surface area contributed by atoms with Crippen LogP contribution in [0.25, 0.3) is 0 Å². The summed E-state index contributed by atoms with van der Waals surface area (Å²) >= 11 is 9.72. The van der Waals surface area contributed by atoms with E-state index in [9.17, 15) is 0 Å². The first kappa shape index (κ1) is 10.1. The van der Waals surface area contributed by atoms with E-state index in [2.05, 4.69) is 27.3 Å². The molecular weight excluding hydrogens is 277 g/mol. The summed E-state index contributed by atoms with van der Waals surface area (Å²) in [4.78, 5) is 0. The molecule has 2 aliphatic rings. The fourth-order valence-electron chi connectivity index (χ4n) is 2.45. The summed E-state index contributed by atoms with van der Waals surface area (Å²) < 4.78 is 6.84. The highest BCUT2D eigenvalue weighted by molar-refractivity contribution is 9.10. The summed E-state index contributed by atoms with van der Waals surface area (Å²) in [6.07, 6.45) is 0.312. The molecule has 1 fully saturated rings. The van der Waals surface area contributed by atoms with E-state index in [0.29, 0.717) is 18.6 Å². The molecule has 0 aromatic heterocycles. The minimum absolute atomic E-state index is 0.312. The predicted octanol–water partition coefficient (Wildman–Crippen LogP) is 2.69. The molecule has 80 valence electrons. The van der Waals surface area contributed by atoms with Gasteiger partial charge in [0.25, 0.3) is 0 Å². The second kappa shape index (κ2) is 3.74. The average Bonchev–Trinajstić information content (AvgIpc) is 2.70. The van der Waals surface area contributed by atoms with Gasteiger partial charge in [-0.05, 0) is 33.1 Å². The average molecular weight is 289 g/mol. The highest BCUT2D eigenvalue weighted by atomic mass is 79.9. The van der Waals surface area contributed by atoms with Crippen molar-refractivity contribution >= 4 is 27.5 Å². The lowest BCUT2D eigenvalue weighted by Gasteiger charge is -2.29. The lowest BCUT2D eigenvalue weighted by molar-refractivity contribution is 0.0297. The van der Waals surface area contributed by atoms with Crippen LogP contribution in [0.5, 0.6) is 0 Å². The maximum atomic E-state index is 6.13. The van der Waals surface area contributed by atoms with Crippen molar-refractivity contribution in [3.63, 3.8) is 0 Å². The van der Waals surface area contributed by atoms with E-state index in [1.54, 1.807) is 0 Å². The Balaban J connectivity index is 2.14. The van der Waals surface area contributed by atoms with Crippen LogP contribution in [0.1, 0.15) is 17.0 Å². The van der Waals surface area contributed by atoms with Gasteiger partial charge in [0.05, 0.1) is 17.7 Å². The molecule has 0 spiro atoms. The van der Waals surface area contributed by atoms with Gasteiger partial charge in [-0.1, -0.05) is 17.7 Å². The van der Waals surface area contributed by atoms with E-state index in [4.69, 9.17) is 16.3 Å². The van der Waals surface area contributed by atoms with Crippen molar-refractivity contribution in [3.05, 3.63) is 32.8 Å². The number of nitrogens with one attached hydrogen (secondary N) is 1. The molecule has 1 aromatic rings. The molecule has 0 aliphatic carbocycles. The Kier molecular flexibility index (Phi) is 2.51. The fraction of sp³-hybridized carbons (Fsp3) is 0.455. The SMILES string of the molecule is Clc1ccc2c(c1Br)[C@@H]1CNCC1OC2. The molecule has 15 heavy (non-hydrogen) atoms. The van der Waals surface area contributed by atoms with E-state index in [1.165, 1.54) is 11.1 Å². The van der Waals surface area contributed by atoms with E-state index in [-0.39, 0.29) is 0 Å². The van der Waals surface area contributed by atoms with Crippen LogP contribution in [-0.4, -0.2) is 19.2 Å². The van der Waals surface area contributed by atoms with Gasteiger partial charge in [0.1, 0.15) is 0 Å². The van der Waals surface area contributed by atoms with Crippen LogP contribution in [0.3, 0.4) is 0 Å². The first-order valence-corrected chi connectivity index (χ1v) is 6.23. The van der Waals surface area contributed by atoms with E-state index < -0.39 is 0 Å². The maximum Gasteiger partial charge on any atom is 0.0785 e. The monoisotopic (exact) mass is 287 g/mol. The Morgan fingerprint density at radius 1 is 1.40 bits per heavy atom. The van der Waals surface area contributed by atoms with Crippen LogP contribution < -0.4 is 5.32 Å². The summed E-state index contributed by atoms with van der Waals surface area (Å²) in [6, 6.07) is 3.99. The molecule has 4 heteroatoms. The highest BCUT2D eigenvalue weighted by Crippen LogP contribution is 2.40. The number of hydrogen-bond acceptors (Lipinski definition) is 2. The first-order valence-electron chi connectivity index (χ1n) is 5.06. The largest absolute Gasteiger partial charge is 0.372 e. The lowest BCUT2D eigenvalue weighted by Crippen LogP contribution is -2.27. The summed E-state index contributed by atoms with van der Waals surface area (Å²) in [5.74, 6) is 0.446. The third kappa shape index (κ3) is 1.53. The molecule has 2 heterocycles. The zero-order valence-corrected chi connectivity index (χ0v) is 10.4. The van der Waals surface area contributed by atoms with Crippen molar-refractivity contribution in [1.82, 2.24) is 5.32 Å². The molecule has 2 atom stereocenters. The van der Waals surface area contributed by atoms with Crippen molar-refractivity contribution in [3.8, 4) is 0 Å². The summed E-state index contributed by atoms with van der Waals surface area (Å²) in [7, 11) is 0. The standard InChI is InChI=1S/C11H11BrClNO/c12-11-8(13)2-1-6-5-15-9-4-14-3-7(9)10(6)11/h1-2,7,9,14H,3-5H2/t7-,9?/m1/s1. The molecular formula is C11H11BrClNO. The molecule has 1 unspecified atom stereocenters. The van der Waals surface area contributed by atoms with Crippen molar-refractivity contribution in [2.24, 2.45) is 0 Å². The molecule has 0 radical (unpaired) electrons. The van der Waals surface area contributed by atoms with Crippen LogP contribution in [0.4, 0.5) is 0 Å². The van der Waals surface area contributed by atoms with E-state index in [0.717, 1.165) is 22.6 Å². The Hall–Kier alpha value is -0.0900. The minimum atomic E-state index is 0.312. The van der Waals surface area contributed by atoms with Crippen LogP contribution >= 0.6 is 27.5 Å². The molecule has 0 amide bonds. The third-order valence-electron chi connectivity index (χ3n) is 3.21. The normalized spacial score (nSPS) is 28.7. The van der Waals surface area contributed by atoms with Crippen LogP contribution in [0.15, 0.2) is 16.6 Å². The molecule has 1 N–H and O–H groups in total. The van der Waals surface area contributed by atoms with Gasteiger partial charge >= 0.3 is 0 Å². The number of rotatable bonds is 0. The van der Waals surface area contributed by atoms with Gasteiger partial charge in [-0.2, -0.15) is 0 Å². The Bertz CT molecular complexity index is 410. The quantitative estimate of drug-likeness (QED) is 0.792. The van der Waals surface area contributed by atoms with Crippen molar-refractivity contribution in [2.75, 3.05) is 13.1 Å². The minimum Gasteiger partial charge on any atom is -0.372 e. The predicted molar refractivity (Wildman–Crippen MR) is 63.3 cm³/mol. The molecule has 2 nitrogen and oxygen atoms in total. The number of fused-ring (bicyclic) bond motifs is 3. The van der Waals surface area contributed by atoms with Crippen molar-refractivity contribution in [2.45, 2.75) is 18.6 Å². The molecule has 1 aromatic carbocycles. The smallest absolute Gasteiger partial charge is 0.0785 e. The van der Waals surface area contributed by atoms with Crippen molar-refractivity contribution < 1.29 is 4.74 Å². The van der Waals surface area contributed by atoms with Crippen LogP contribution in [0.2, 0.25) is 5.02 Å². The van der Waals surface area contributed by atoms with E-state index >= 15 is 0 Å². The second-order valence-electron chi connectivity index (χ2n) is 4.05. The van der Waals surface area contributed by atoms with Gasteiger partial charge in [-0.25, -0.2) is 0 Å². The Morgan fingerprint density at radius 3 is 3.13 bits per heavy atom. The fourth-order valence-corrected chi connectivity index (χ4v) is 3.29. The zero-order chi connectivity index (χ0) is 10.4. The van der Waals surface area contributed by atoms with Gasteiger partial charge < -0.3 is 10.1 Å². The lowest BCUT2D eigenvalue weighted by atomic mass is 9.90. The highest BCUT2D eigenvalue weighted by Gasteiger charge is 2.35. The number of hydrogen-bond donors (Lipinski definition) is 1. The van der Waals surface area contributed by atoms with Gasteiger partial charge in [-0.15, -0.1) is 0 Å². The Morgan fingerprint density at radius 2 is 2.27 bits per heavy atom. The number of halogens is 2. The van der Waals surface area contributed by atoms with Gasteiger partial charge in [0, 0.05) is 23.5 Å². The maximum absolute atomic E-state index is 6.13. The molecule has 0 saturated carbocycles. The summed E-state index contributed by atoms with van der Waals surface area (Å²) in [5, 5.41) is 4.16. The van der Waals surface area contributed by atoms with Gasteiger partial charge in [0.15, 0.2) is 0 Å². The summed E-state index contributed by atoms with van der Waals surface area (Å²) in [5.41, 5.74) is 2.60. The number of benzene rings is 1. The first-order chi connectivity index (χ1) is 7.27. The summed E-state index contributed by atoms with van der Waals surface area (Å²) in [6.45, 7) is 2.63. The van der Waals surface area contributed by atoms with Crippen molar-refractivity contribution in [1.29, 1.82) is 0 Å². The number of ether oxygens (including phenoxy) is 1. The molecule has 0 bridgehead atoms. The molecule has 1 saturated heterocycles. The van der Waals surface area contributed by atoms with E-state index in [1.807, 2.05) is 6.07 Å². The van der Waals surface area contributed by atoms with Crippen LogP contribution in [-0.2, 0) is 11.3 Å². The molecule has 2 aliphatic heterocycles. The molecule has 3 rings (SSSR count). The van der Waals surface area contributed by atoms with Gasteiger partial charge in [-0.3, -0.25) is 0 Å². The topological polar surface area (TPSA) is 21.3 Å². The second-order valence-corrected chi connectivity index (χ2v) is 5.25. The van der Waals surface area contributed by atoms with Gasteiger partial charge in [0.2, 0.25) is 0 Å². The third-order valence-corrected chi connectivity index (χ3v) is 4.60.